The number of benzene rings is 1. The van der Waals surface area contributed by atoms with E-state index in [1.165, 1.54) is 38.1 Å². The average molecular weight is 468 g/mol. The lowest BCUT2D eigenvalue weighted by Crippen LogP contribution is -2.22. The Balaban J connectivity index is 1.75. The Morgan fingerprint density at radius 3 is 2.21 bits per heavy atom. The molecule has 3 aromatic rings. The lowest BCUT2D eigenvalue weighted by Gasteiger charge is -2.15. The Morgan fingerprint density at radius 1 is 1.03 bits per heavy atom. The van der Waals surface area contributed by atoms with Gasteiger partial charge in [0.05, 0.1) is 13.3 Å². The summed E-state index contributed by atoms with van der Waals surface area (Å²) >= 11 is 1.39. The van der Waals surface area contributed by atoms with Crippen molar-refractivity contribution in [3.05, 3.63) is 69.9 Å². The monoisotopic (exact) mass is 467 g/mol. The molecule has 0 radical (unpaired) electrons. The fourth-order valence-electron chi connectivity index (χ4n) is 3.11. The molecule has 0 aliphatic rings. The fraction of sp³-hybridized carbons (Fsp3) is 0.261. The summed E-state index contributed by atoms with van der Waals surface area (Å²) in [5.74, 6) is 0.109. The third-order valence-electron chi connectivity index (χ3n) is 4.52. The number of pyridine rings is 1. The van der Waals surface area contributed by atoms with Crippen molar-refractivity contribution < 1.29 is 14.3 Å². The van der Waals surface area contributed by atoms with Crippen LogP contribution >= 0.6 is 11.8 Å². The normalized spacial score (nSPS) is 10.5. The maximum atomic E-state index is 12.7. The Kier molecular flexibility index (Phi) is 7.83. The van der Waals surface area contributed by atoms with E-state index < -0.39 is 0 Å². The highest BCUT2D eigenvalue weighted by atomic mass is 32.2. The second-order valence-electron chi connectivity index (χ2n) is 7.35. The van der Waals surface area contributed by atoms with E-state index in [-0.39, 0.29) is 29.5 Å². The van der Waals surface area contributed by atoms with E-state index >= 15 is 0 Å². The van der Waals surface area contributed by atoms with E-state index in [2.05, 4.69) is 20.6 Å². The van der Waals surface area contributed by atoms with Gasteiger partial charge >= 0.3 is 0 Å². The van der Waals surface area contributed by atoms with Crippen LogP contribution in [0, 0.1) is 13.8 Å². The van der Waals surface area contributed by atoms with E-state index in [1.54, 1.807) is 28.8 Å². The van der Waals surface area contributed by atoms with Gasteiger partial charge in [0.25, 0.3) is 0 Å². The first-order valence-corrected chi connectivity index (χ1v) is 11.1. The molecule has 0 aliphatic carbocycles. The number of hydrogen-bond acceptors (Lipinski definition) is 7. The molecular formula is C23H25N5O4S. The van der Waals surface area contributed by atoms with Crippen LogP contribution in [0.5, 0.6) is 5.75 Å². The van der Waals surface area contributed by atoms with Crippen LogP contribution < -0.4 is 20.8 Å². The second kappa shape index (κ2) is 10.8. The number of amides is 2. The van der Waals surface area contributed by atoms with Gasteiger partial charge in [-0.3, -0.25) is 14.4 Å². The molecule has 0 saturated carbocycles. The van der Waals surface area contributed by atoms with Crippen LogP contribution in [0.25, 0.3) is 0 Å². The Hall–Kier alpha value is -3.66. The largest absolute Gasteiger partial charge is 0.491 e. The summed E-state index contributed by atoms with van der Waals surface area (Å²) in [6, 6.07) is 10.1. The van der Waals surface area contributed by atoms with Crippen LogP contribution in [-0.2, 0) is 21.9 Å². The zero-order valence-electron chi connectivity index (χ0n) is 18.8. The van der Waals surface area contributed by atoms with Gasteiger partial charge in [-0.05, 0) is 44.2 Å². The molecule has 1 aromatic carbocycles. The van der Waals surface area contributed by atoms with E-state index in [1.807, 2.05) is 19.9 Å². The molecule has 0 atom stereocenters. The highest BCUT2D eigenvalue weighted by molar-refractivity contribution is 7.98. The number of methoxy groups -OCH3 is 1. The number of aryl methyl sites for hydroxylation is 2. The summed E-state index contributed by atoms with van der Waals surface area (Å²) < 4.78 is 6.83. The van der Waals surface area contributed by atoms with E-state index in [0.717, 1.165) is 11.4 Å². The third kappa shape index (κ3) is 6.91. The van der Waals surface area contributed by atoms with E-state index in [9.17, 15) is 14.4 Å². The molecule has 2 amide bonds. The molecule has 2 aromatic heterocycles. The predicted molar refractivity (Wildman–Crippen MR) is 128 cm³/mol. The first-order valence-electron chi connectivity index (χ1n) is 10.1. The van der Waals surface area contributed by atoms with Gasteiger partial charge in [-0.25, -0.2) is 9.97 Å². The van der Waals surface area contributed by atoms with Crippen LogP contribution in [0.15, 0.2) is 52.5 Å². The van der Waals surface area contributed by atoms with Crippen molar-refractivity contribution in [2.24, 2.45) is 0 Å². The standard InChI is InChI=1S/C23H25N5O4S/c1-14-9-15(2)25-23(24-14)33-13-19-10-20(30)21(32-4)11-28(19)12-22(31)27-18-7-5-17(6-8-18)26-16(3)29/h5-11H,12-13H2,1-4H3,(H,26,29)(H,27,31). The number of nitrogens with zero attached hydrogens (tertiary/aromatic N) is 3. The van der Waals surface area contributed by atoms with Crippen molar-refractivity contribution in [3.8, 4) is 5.75 Å². The molecule has 0 bridgehead atoms. The van der Waals surface area contributed by atoms with Crippen molar-refractivity contribution >= 4 is 35.0 Å². The summed E-state index contributed by atoms with van der Waals surface area (Å²) in [5, 5.41) is 6.09. The summed E-state index contributed by atoms with van der Waals surface area (Å²) in [6.07, 6.45) is 1.53. The summed E-state index contributed by atoms with van der Waals surface area (Å²) in [5.41, 5.74) is 3.33. The van der Waals surface area contributed by atoms with Crippen molar-refractivity contribution in [3.63, 3.8) is 0 Å². The molecule has 2 heterocycles. The predicted octanol–water partition coefficient (Wildman–Crippen LogP) is 3.15. The van der Waals surface area contributed by atoms with Crippen LogP contribution in [-0.4, -0.2) is 33.5 Å². The Morgan fingerprint density at radius 2 is 1.64 bits per heavy atom. The molecule has 0 saturated heterocycles. The fourth-order valence-corrected chi connectivity index (χ4v) is 4.05. The minimum atomic E-state index is -0.276. The van der Waals surface area contributed by atoms with Crippen molar-refractivity contribution in [2.45, 2.75) is 38.2 Å². The second-order valence-corrected chi connectivity index (χ2v) is 8.30. The number of hydrogen-bond donors (Lipinski definition) is 2. The van der Waals surface area contributed by atoms with Gasteiger partial charge in [0.1, 0.15) is 6.54 Å². The lowest BCUT2D eigenvalue weighted by molar-refractivity contribution is -0.117. The van der Waals surface area contributed by atoms with Gasteiger partial charge in [-0.2, -0.15) is 0 Å². The van der Waals surface area contributed by atoms with Gasteiger partial charge in [0.2, 0.25) is 17.2 Å². The molecule has 172 valence electrons. The van der Waals surface area contributed by atoms with Gasteiger partial charge < -0.3 is 19.9 Å². The maximum Gasteiger partial charge on any atom is 0.244 e. The van der Waals surface area contributed by atoms with Gasteiger partial charge in [0, 0.05) is 47.2 Å². The summed E-state index contributed by atoms with van der Waals surface area (Å²) in [7, 11) is 1.41. The molecule has 0 aliphatic heterocycles. The van der Waals surface area contributed by atoms with Gasteiger partial charge in [-0.1, -0.05) is 11.8 Å². The number of nitrogens with one attached hydrogen (secondary N) is 2. The minimum Gasteiger partial charge on any atom is -0.491 e. The smallest absolute Gasteiger partial charge is 0.244 e. The molecule has 0 spiro atoms. The average Bonchev–Trinajstić information content (AvgIpc) is 2.74. The number of ether oxygens (including phenoxy) is 1. The van der Waals surface area contributed by atoms with Gasteiger partial charge in [-0.15, -0.1) is 0 Å². The van der Waals surface area contributed by atoms with E-state index in [4.69, 9.17) is 4.74 Å². The molecule has 33 heavy (non-hydrogen) atoms. The quantitative estimate of drug-likeness (QED) is 0.386. The van der Waals surface area contributed by atoms with Crippen LogP contribution in [0.4, 0.5) is 11.4 Å². The first kappa shape index (κ1) is 24.0. The number of carbonyl (C=O) groups excluding carboxylic acids is 2. The molecule has 2 N–H and O–H groups in total. The van der Waals surface area contributed by atoms with Crippen molar-refractivity contribution in [2.75, 3.05) is 17.7 Å². The number of rotatable bonds is 8. The molecule has 0 fully saturated rings. The SMILES string of the molecule is COc1cn(CC(=O)Nc2ccc(NC(C)=O)cc2)c(CSc2nc(C)cc(C)n2)cc1=O. The van der Waals surface area contributed by atoms with Crippen molar-refractivity contribution in [1.29, 1.82) is 0 Å². The maximum absolute atomic E-state index is 12.7. The van der Waals surface area contributed by atoms with Crippen molar-refractivity contribution in [1.82, 2.24) is 14.5 Å². The highest BCUT2D eigenvalue weighted by Crippen LogP contribution is 2.21. The number of aromatic nitrogens is 3. The molecule has 0 unspecified atom stereocenters. The molecule has 10 heteroatoms. The topological polar surface area (TPSA) is 115 Å². The summed E-state index contributed by atoms with van der Waals surface area (Å²) in [6.45, 7) is 5.20. The van der Waals surface area contributed by atoms with Crippen LogP contribution in [0.2, 0.25) is 0 Å². The third-order valence-corrected chi connectivity index (χ3v) is 5.40. The molecule has 3 rings (SSSR count). The highest BCUT2D eigenvalue weighted by Gasteiger charge is 2.13. The number of anilines is 2. The van der Waals surface area contributed by atoms with Gasteiger partial charge in [0.15, 0.2) is 10.9 Å². The zero-order valence-corrected chi connectivity index (χ0v) is 19.7. The summed E-state index contributed by atoms with van der Waals surface area (Å²) in [4.78, 5) is 45.0. The molecular weight excluding hydrogens is 442 g/mol. The Labute approximate surface area is 195 Å². The lowest BCUT2D eigenvalue weighted by atomic mass is 10.2. The zero-order chi connectivity index (χ0) is 24.0. The molecule has 9 nitrogen and oxygen atoms in total. The van der Waals surface area contributed by atoms with Crippen LogP contribution in [0.1, 0.15) is 24.0 Å². The first-order chi connectivity index (χ1) is 15.7. The Bertz CT molecular complexity index is 1200. The number of carbonyl (C=O) groups is 2. The van der Waals surface area contributed by atoms with E-state index in [0.29, 0.717) is 28.0 Å². The minimum absolute atomic E-state index is 0.0202. The number of thioether (sulfide) groups is 1. The van der Waals surface area contributed by atoms with Crippen LogP contribution in [0.3, 0.4) is 0 Å².